The number of carbonyl (C=O) groups excluding carboxylic acids is 3. The third-order valence-electron chi connectivity index (χ3n) is 4.82. The average molecular weight is 553 g/mol. The Morgan fingerprint density at radius 3 is 2.13 bits per heavy atom. The van der Waals surface area contributed by atoms with Gasteiger partial charge in [-0.1, -0.05) is 30.3 Å². The van der Waals surface area contributed by atoms with Gasteiger partial charge in [-0.3, -0.25) is 4.79 Å². The molecule has 12 nitrogen and oxygen atoms in total. The number of unbranched alkanes of at least 4 members (excludes halogenated alkanes) is 2. The van der Waals surface area contributed by atoms with E-state index in [1.165, 1.54) is 5.01 Å². The van der Waals surface area contributed by atoms with E-state index in [9.17, 15) is 24.3 Å². The maximum Gasteiger partial charge on any atom is 0.424 e. The van der Waals surface area contributed by atoms with Gasteiger partial charge in [0.05, 0.1) is 12.5 Å². The van der Waals surface area contributed by atoms with Crippen molar-refractivity contribution < 1.29 is 38.5 Å². The molecule has 0 saturated heterocycles. The smallest absolute Gasteiger partial charge is 0.424 e. The minimum atomic E-state index is -1.11. The number of alkyl carbamates (subject to hydrolysis) is 2. The number of amides is 3. The lowest BCUT2D eigenvalue weighted by Gasteiger charge is -2.29. The lowest BCUT2D eigenvalue weighted by molar-refractivity contribution is -0.137. The number of hydrazine groups is 1. The molecule has 0 radical (unpaired) electrons. The van der Waals surface area contributed by atoms with Crippen LogP contribution in [0.3, 0.4) is 0 Å². The van der Waals surface area contributed by atoms with E-state index in [0.717, 1.165) is 5.56 Å². The maximum atomic E-state index is 12.7. The first-order valence-corrected chi connectivity index (χ1v) is 13.0. The molecule has 0 aliphatic carbocycles. The van der Waals surface area contributed by atoms with E-state index < -0.39 is 41.5 Å². The molecule has 39 heavy (non-hydrogen) atoms. The summed E-state index contributed by atoms with van der Waals surface area (Å²) in [4.78, 5) is 48.1. The molecule has 0 aliphatic heterocycles. The molecule has 0 unspecified atom stereocenters. The van der Waals surface area contributed by atoms with Gasteiger partial charge in [-0.25, -0.2) is 24.8 Å². The number of hydrogen-bond acceptors (Lipinski definition) is 8. The number of rotatable bonds is 14. The van der Waals surface area contributed by atoms with Crippen LogP contribution in [-0.2, 0) is 25.6 Å². The van der Waals surface area contributed by atoms with Crippen LogP contribution in [0.15, 0.2) is 30.3 Å². The van der Waals surface area contributed by atoms with Crippen LogP contribution in [0.1, 0.15) is 72.8 Å². The number of carbonyl (C=O) groups is 4. The predicted octanol–water partition coefficient (Wildman–Crippen LogP) is 4.19. The summed E-state index contributed by atoms with van der Waals surface area (Å²) in [5.74, 6) is -1.11. The van der Waals surface area contributed by atoms with Gasteiger partial charge in [0.25, 0.3) is 0 Å². The van der Waals surface area contributed by atoms with Crippen LogP contribution in [0.4, 0.5) is 14.4 Å². The van der Waals surface area contributed by atoms with Crippen LogP contribution in [0.5, 0.6) is 0 Å². The third-order valence-corrected chi connectivity index (χ3v) is 4.82. The lowest BCUT2D eigenvalue weighted by atomic mass is 10.2. The highest BCUT2D eigenvalue weighted by molar-refractivity contribution is 5.72. The fourth-order valence-electron chi connectivity index (χ4n) is 3.17. The monoisotopic (exact) mass is 552 g/mol. The van der Waals surface area contributed by atoms with Gasteiger partial charge in [0, 0.05) is 19.6 Å². The SMILES string of the molecule is CC(C)(C)OC(=O)N[C@H](CNN(CCCCCNC(=O)OCc1ccccc1)C(=O)OC(C)(C)C)CC(=O)O. The van der Waals surface area contributed by atoms with E-state index >= 15 is 0 Å². The number of hydrogen-bond donors (Lipinski definition) is 4. The molecule has 0 fully saturated rings. The Kier molecular flexibility index (Phi) is 14.1. The fourth-order valence-corrected chi connectivity index (χ4v) is 3.17. The first-order valence-electron chi connectivity index (χ1n) is 13.0. The van der Waals surface area contributed by atoms with Crippen LogP contribution < -0.4 is 16.1 Å². The van der Waals surface area contributed by atoms with Crippen LogP contribution in [0, 0.1) is 0 Å². The van der Waals surface area contributed by atoms with Crippen molar-refractivity contribution in [3.63, 3.8) is 0 Å². The van der Waals surface area contributed by atoms with Crippen molar-refractivity contribution in [3.8, 4) is 0 Å². The summed E-state index contributed by atoms with van der Waals surface area (Å²) in [6.45, 7) is 11.1. The molecule has 0 heterocycles. The van der Waals surface area contributed by atoms with E-state index in [-0.39, 0.29) is 26.1 Å². The molecular weight excluding hydrogens is 508 g/mol. The number of nitrogens with zero attached hydrogens (tertiary/aromatic N) is 1. The molecule has 1 rings (SSSR count). The fraction of sp³-hybridized carbons (Fsp3) is 0.630. The average Bonchev–Trinajstić information content (AvgIpc) is 2.79. The van der Waals surface area contributed by atoms with Gasteiger partial charge in [0.15, 0.2) is 0 Å². The van der Waals surface area contributed by atoms with Crippen LogP contribution in [0.2, 0.25) is 0 Å². The quantitative estimate of drug-likeness (QED) is 0.151. The number of benzene rings is 1. The minimum Gasteiger partial charge on any atom is -0.481 e. The van der Waals surface area contributed by atoms with E-state index in [4.69, 9.17) is 14.2 Å². The molecule has 0 saturated carbocycles. The van der Waals surface area contributed by atoms with E-state index in [0.29, 0.717) is 25.8 Å². The summed E-state index contributed by atoms with van der Waals surface area (Å²) in [5.41, 5.74) is 2.30. The Morgan fingerprint density at radius 1 is 0.897 bits per heavy atom. The summed E-state index contributed by atoms with van der Waals surface area (Å²) in [6, 6.07) is 8.53. The summed E-state index contributed by atoms with van der Waals surface area (Å²) in [6.07, 6.45) is -0.334. The molecule has 220 valence electrons. The normalized spacial score (nSPS) is 12.2. The molecule has 4 N–H and O–H groups in total. The molecule has 0 spiro atoms. The standard InChI is InChI=1S/C27H44N4O8/c1-26(2,3)38-24(35)30-21(17-22(32)33)18-29-31(25(36)39-27(4,5)6)16-12-8-11-15-28-23(34)37-19-20-13-9-7-10-14-20/h7,9-10,13-14,21,29H,8,11-12,15-19H2,1-6H3,(H,28,34)(H,30,35)(H,32,33)/t21-/m0/s1. The summed E-state index contributed by atoms with van der Waals surface area (Å²) in [7, 11) is 0. The van der Waals surface area contributed by atoms with Gasteiger partial charge >= 0.3 is 24.2 Å². The van der Waals surface area contributed by atoms with Gasteiger partial charge < -0.3 is 30.0 Å². The van der Waals surface area contributed by atoms with Crippen molar-refractivity contribution in [3.05, 3.63) is 35.9 Å². The highest BCUT2D eigenvalue weighted by Crippen LogP contribution is 2.11. The van der Waals surface area contributed by atoms with Gasteiger partial charge in [0.2, 0.25) is 0 Å². The Bertz CT molecular complexity index is 913. The van der Waals surface area contributed by atoms with Crippen molar-refractivity contribution in [2.24, 2.45) is 0 Å². The second-order valence-electron chi connectivity index (χ2n) is 11.0. The Balaban J connectivity index is 2.55. The highest BCUT2D eigenvalue weighted by atomic mass is 16.6. The molecule has 1 aromatic rings. The second-order valence-corrected chi connectivity index (χ2v) is 11.0. The van der Waals surface area contributed by atoms with Gasteiger partial charge in [-0.15, -0.1) is 0 Å². The molecule has 0 aliphatic rings. The Morgan fingerprint density at radius 2 is 1.54 bits per heavy atom. The zero-order valence-electron chi connectivity index (χ0n) is 23.9. The lowest BCUT2D eigenvalue weighted by Crippen LogP contribution is -2.52. The number of ether oxygens (including phenoxy) is 3. The maximum absolute atomic E-state index is 12.7. The third kappa shape index (κ3) is 17.6. The van der Waals surface area contributed by atoms with Crippen LogP contribution in [0.25, 0.3) is 0 Å². The minimum absolute atomic E-state index is 0.0421. The molecule has 1 atom stereocenters. The number of carboxylic acids is 1. The number of carboxylic acid groups (broad SMARTS) is 1. The second kappa shape index (κ2) is 16.4. The van der Waals surface area contributed by atoms with Crippen LogP contribution in [-0.4, -0.2) is 71.2 Å². The van der Waals surface area contributed by atoms with Gasteiger partial charge in [0.1, 0.15) is 17.8 Å². The predicted molar refractivity (Wildman–Crippen MR) is 145 cm³/mol. The number of aliphatic carboxylic acids is 1. The number of nitrogens with one attached hydrogen (secondary N) is 3. The van der Waals surface area contributed by atoms with Gasteiger partial charge in [-0.2, -0.15) is 0 Å². The molecule has 3 amide bonds. The van der Waals surface area contributed by atoms with Crippen molar-refractivity contribution in [1.82, 2.24) is 21.1 Å². The Labute approximate surface area is 230 Å². The van der Waals surface area contributed by atoms with Crippen LogP contribution >= 0.6 is 0 Å². The largest absolute Gasteiger partial charge is 0.481 e. The van der Waals surface area contributed by atoms with Crippen molar-refractivity contribution in [2.45, 2.75) is 91.1 Å². The Hall–Kier alpha value is -3.54. The van der Waals surface area contributed by atoms with Crippen molar-refractivity contribution in [2.75, 3.05) is 19.6 Å². The zero-order chi connectivity index (χ0) is 29.5. The highest BCUT2D eigenvalue weighted by Gasteiger charge is 2.25. The molecule has 0 bridgehead atoms. The summed E-state index contributed by atoms with van der Waals surface area (Å²) < 4.78 is 15.8. The van der Waals surface area contributed by atoms with E-state index in [1.54, 1.807) is 41.5 Å². The van der Waals surface area contributed by atoms with Crippen molar-refractivity contribution in [1.29, 1.82) is 0 Å². The molecule has 12 heteroatoms. The molecular formula is C27H44N4O8. The first-order chi connectivity index (χ1) is 18.1. The summed E-state index contributed by atoms with van der Waals surface area (Å²) in [5, 5.41) is 15.7. The zero-order valence-corrected chi connectivity index (χ0v) is 23.9. The van der Waals surface area contributed by atoms with Gasteiger partial charge in [-0.05, 0) is 66.4 Å². The van der Waals surface area contributed by atoms with Crippen molar-refractivity contribution >= 4 is 24.2 Å². The molecule has 1 aromatic carbocycles. The van der Waals surface area contributed by atoms with E-state index in [1.807, 2.05) is 30.3 Å². The molecule has 0 aromatic heterocycles. The summed E-state index contributed by atoms with van der Waals surface area (Å²) >= 11 is 0. The first kappa shape index (κ1) is 33.5. The van der Waals surface area contributed by atoms with E-state index in [2.05, 4.69) is 16.1 Å². The topological polar surface area (TPSA) is 156 Å².